The highest BCUT2D eigenvalue weighted by atomic mass is 32.2. The highest BCUT2D eigenvalue weighted by Crippen LogP contribution is 2.05. The van der Waals surface area contributed by atoms with Gasteiger partial charge in [-0.25, -0.2) is 4.79 Å². The smallest absolute Gasteiger partial charge is 0.328 e. The van der Waals surface area contributed by atoms with Gasteiger partial charge in [-0.2, -0.15) is 24.4 Å². The molecule has 0 aliphatic carbocycles. The zero-order valence-corrected chi connectivity index (χ0v) is 18.2. The second kappa shape index (κ2) is 13.6. The molecule has 0 saturated carbocycles. The van der Waals surface area contributed by atoms with Crippen LogP contribution in [0.15, 0.2) is 0 Å². The molecule has 0 aliphatic rings. The third kappa shape index (κ3) is 9.67. The summed E-state index contributed by atoms with van der Waals surface area (Å²) in [5.41, 5.74) is 5.54. The Morgan fingerprint density at radius 1 is 0.966 bits per heavy atom. The summed E-state index contributed by atoms with van der Waals surface area (Å²) in [6, 6.07) is -5.08. The van der Waals surface area contributed by atoms with Crippen molar-refractivity contribution in [2.75, 3.05) is 17.8 Å². The molecule has 0 aromatic heterocycles. The van der Waals surface area contributed by atoms with E-state index in [0.29, 0.717) is 5.75 Å². The Bertz CT molecular complexity index is 577. The lowest BCUT2D eigenvalue weighted by atomic mass is 10.1. The van der Waals surface area contributed by atoms with Gasteiger partial charge in [-0.3, -0.25) is 14.4 Å². The van der Waals surface area contributed by atoms with Crippen LogP contribution in [0.3, 0.4) is 0 Å². The molecule has 8 N–H and O–H groups in total. The minimum Gasteiger partial charge on any atom is -0.480 e. The van der Waals surface area contributed by atoms with Crippen molar-refractivity contribution < 1.29 is 34.5 Å². The predicted octanol–water partition coefficient (Wildman–Crippen LogP) is -2.70. The predicted molar refractivity (Wildman–Crippen MR) is 112 cm³/mol. The minimum atomic E-state index is -1.56. The van der Waals surface area contributed by atoms with Gasteiger partial charge >= 0.3 is 5.97 Å². The molecular formula is C16H30N4O7S2. The number of hydrogen-bond acceptors (Lipinski definition) is 9. The minimum absolute atomic E-state index is 0.0225. The van der Waals surface area contributed by atoms with Crippen LogP contribution >= 0.6 is 24.4 Å². The molecule has 0 heterocycles. The van der Waals surface area contributed by atoms with E-state index in [9.17, 15) is 29.4 Å². The quantitative estimate of drug-likeness (QED) is 0.137. The summed E-state index contributed by atoms with van der Waals surface area (Å²) in [4.78, 5) is 48.2. The van der Waals surface area contributed by atoms with Crippen molar-refractivity contribution in [1.29, 1.82) is 0 Å². The van der Waals surface area contributed by atoms with Crippen molar-refractivity contribution in [2.45, 2.75) is 56.6 Å². The maximum atomic E-state index is 12.6. The maximum Gasteiger partial charge on any atom is 0.328 e. The fraction of sp³-hybridized carbons (Fsp3) is 0.750. The first kappa shape index (κ1) is 27.5. The van der Waals surface area contributed by atoms with Crippen LogP contribution in [0.2, 0.25) is 0 Å². The van der Waals surface area contributed by atoms with Crippen LogP contribution < -0.4 is 21.7 Å². The van der Waals surface area contributed by atoms with E-state index < -0.39 is 60.1 Å². The first-order chi connectivity index (χ1) is 13.5. The fourth-order valence-electron chi connectivity index (χ4n) is 2.16. The number of nitrogens with one attached hydrogen (secondary N) is 3. The number of carbonyl (C=O) groups is 4. The number of nitrogens with two attached hydrogens (primary N) is 1. The standard InChI is InChI=1S/C16H30N4O7S2/c1-7(21)11(19-13(23)9(17)6-28)15(25)18-10(4-5-29-3)14(24)20-12(8(2)22)16(26)27/h7-12,21-22,28H,4-6,17H2,1-3H3,(H,18,25)(H,19,23)(H,20,24)(H,26,27). The largest absolute Gasteiger partial charge is 0.480 e. The number of thioether (sulfide) groups is 1. The number of amides is 3. The third-order valence-corrected chi connectivity index (χ3v) is 4.92. The SMILES string of the molecule is CSCCC(NC(=O)C(NC(=O)C(N)CS)C(C)O)C(=O)NC(C(=O)O)C(C)O. The third-order valence-electron chi connectivity index (χ3n) is 3.89. The molecule has 168 valence electrons. The van der Waals surface area contributed by atoms with Gasteiger partial charge in [-0.15, -0.1) is 0 Å². The van der Waals surface area contributed by atoms with Gasteiger partial charge in [0.15, 0.2) is 6.04 Å². The van der Waals surface area contributed by atoms with Crippen LogP contribution in [-0.2, 0) is 19.2 Å². The highest BCUT2D eigenvalue weighted by molar-refractivity contribution is 7.98. The Kier molecular flexibility index (Phi) is 12.9. The topological polar surface area (TPSA) is 191 Å². The number of carbonyl (C=O) groups excluding carboxylic acids is 3. The molecule has 3 amide bonds. The zero-order valence-electron chi connectivity index (χ0n) is 16.5. The molecule has 0 saturated heterocycles. The zero-order chi connectivity index (χ0) is 22.7. The second-order valence-corrected chi connectivity index (χ2v) is 7.77. The highest BCUT2D eigenvalue weighted by Gasteiger charge is 2.33. The molecule has 0 bridgehead atoms. The Labute approximate surface area is 179 Å². The van der Waals surface area contributed by atoms with Gasteiger partial charge in [0.25, 0.3) is 0 Å². The number of aliphatic hydroxyl groups is 2. The molecule has 0 aromatic rings. The van der Waals surface area contributed by atoms with Gasteiger partial charge in [0.05, 0.1) is 18.2 Å². The van der Waals surface area contributed by atoms with Crippen LogP contribution in [-0.4, -0.2) is 93.1 Å². The second-order valence-electron chi connectivity index (χ2n) is 6.42. The number of rotatable bonds is 13. The number of thiol groups is 1. The molecule has 0 aromatic carbocycles. The summed E-state index contributed by atoms with van der Waals surface area (Å²) in [5, 5.41) is 35.4. The Morgan fingerprint density at radius 2 is 1.48 bits per heavy atom. The van der Waals surface area contributed by atoms with Crippen LogP contribution in [0.1, 0.15) is 20.3 Å². The lowest BCUT2D eigenvalue weighted by Crippen LogP contribution is -2.60. The van der Waals surface area contributed by atoms with E-state index >= 15 is 0 Å². The van der Waals surface area contributed by atoms with Crippen molar-refractivity contribution in [3.05, 3.63) is 0 Å². The van der Waals surface area contributed by atoms with E-state index in [1.54, 1.807) is 6.26 Å². The van der Waals surface area contributed by atoms with Gasteiger partial charge in [0.2, 0.25) is 17.7 Å². The van der Waals surface area contributed by atoms with E-state index in [2.05, 4.69) is 28.6 Å². The fourth-order valence-corrected chi connectivity index (χ4v) is 2.79. The van der Waals surface area contributed by atoms with Crippen molar-refractivity contribution in [1.82, 2.24) is 16.0 Å². The molecule has 6 unspecified atom stereocenters. The number of hydrogen-bond donors (Lipinski definition) is 8. The average Bonchev–Trinajstić information content (AvgIpc) is 2.64. The van der Waals surface area contributed by atoms with E-state index in [0.717, 1.165) is 0 Å². The van der Waals surface area contributed by atoms with Gasteiger partial charge in [0, 0.05) is 5.75 Å². The van der Waals surface area contributed by atoms with E-state index in [-0.39, 0.29) is 12.2 Å². The van der Waals surface area contributed by atoms with Crippen molar-refractivity contribution in [2.24, 2.45) is 5.73 Å². The molecular weight excluding hydrogens is 424 g/mol. The molecule has 6 atom stereocenters. The summed E-state index contributed by atoms with van der Waals surface area (Å²) in [6.45, 7) is 2.49. The summed E-state index contributed by atoms with van der Waals surface area (Å²) < 4.78 is 0. The lowest BCUT2D eigenvalue weighted by Gasteiger charge is -2.26. The Morgan fingerprint density at radius 3 is 1.90 bits per heavy atom. The van der Waals surface area contributed by atoms with E-state index in [1.165, 1.54) is 25.6 Å². The van der Waals surface area contributed by atoms with Crippen molar-refractivity contribution >= 4 is 48.1 Å². The van der Waals surface area contributed by atoms with Gasteiger partial charge in [-0.1, -0.05) is 0 Å². The summed E-state index contributed by atoms with van der Waals surface area (Å²) in [5.74, 6) is -3.31. The molecule has 13 heteroatoms. The normalized spacial score (nSPS) is 17.2. The van der Waals surface area contributed by atoms with Gasteiger partial charge in [0.1, 0.15) is 12.1 Å². The number of aliphatic carboxylic acids is 1. The lowest BCUT2D eigenvalue weighted by molar-refractivity contribution is -0.145. The average molecular weight is 455 g/mol. The molecule has 29 heavy (non-hydrogen) atoms. The van der Waals surface area contributed by atoms with Crippen LogP contribution in [0.4, 0.5) is 0 Å². The Hall–Kier alpha value is -1.54. The Balaban J connectivity index is 5.34. The number of aliphatic hydroxyl groups excluding tert-OH is 2. The molecule has 11 nitrogen and oxygen atoms in total. The van der Waals surface area contributed by atoms with Gasteiger partial charge < -0.3 is 37.0 Å². The maximum absolute atomic E-state index is 12.6. The molecule has 0 rings (SSSR count). The molecule has 0 spiro atoms. The summed E-state index contributed by atoms with van der Waals surface area (Å²) >= 11 is 5.29. The summed E-state index contributed by atoms with van der Waals surface area (Å²) in [7, 11) is 0. The monoisotopic (exact) mass is 454 g/mol. The number of carboxylic acid groups (broad SMARTS) is 1. The molecule has 0 radical (unpaired) electrons. The van der Waals surface area contributed by atoms with Crippen molar-refractivity contribution in [3.63, 3.8) is 0 Å². The summed E-state index contributed by atoms with van der Waals surface area (Å²) in [6.07, 6.45) is -0.716. The molecule has 0 aliphatic heterocycles. The number of carboxylic acids is 1. The van der Waals surface area contributed by atoms with E-state index in [1.807, 2.05) is 0 Å². The van der Waals surface area contributed by atoms with Gasteiger partial charge in [-0.05, 0) is 32.3 Å². The van der Waals surface area contributed by atoms with Crippen LogP contribution in [0.25, 0.3) is 0 Å². The van der Waals surface area contributed by atoms with E-state index in [4.69, 9.17) is 10.8 Å². The van der Waals surface area contributed by atoms with Crippen molar-refractivity contribution in [3.8, 4) is 0 Å². The first-order valence-corrected chi connectivity index (χ1v) is 10.8. The van der Waals surface area contributed by atoms with Crippen LogP contribution in [0, 0.1) is 0 Å². The first-order valence-electron chi connectivity index (χ1n) is 8.81. The van der Waals surface area contributed by atoms with Crippen LogP contribution in [0.5, 0.6) is 0 Å². The molecule has 0 fully saturated rings.